The van der Waals surface area contributed by atoms with Crippen LogP contribution < -0.4 is 5.56 Å². The van der Waals surface area contributed by atoms with E-state index in [2.05, 4.69) is 4.98 Å². The van der Waals surface area contributed by atoms with Gasteiger partial charge >= 0.3 is 0 Å². The predicted octanol–water partition coefficient (Wildman–Crippen LogP) is 1.41. The lowest BCUT2D eigenvalue weighted by molar-refractivity contribution is -0.150. The summed E-state index contributed by atoms with van der Waals surface area (Å²) in [5.74, 6) is 0.138. The molecule has 0 unspecified atom stereocenters. The molecule has 1 aliphatic rings. The number of aromatic amines is 1. The summed E-state index contributed by atoms with van der Waals surface area (Å²) in [5.41, 5.74) is 0.191. The van der Waals surface area contributed by atoms with E-state index in [-0.39, 0.29) is 35.9 Å². The number of amides is 2. The van der Waals surface area contributed by atoms with Crippen molar-refractivity contribution < 1.29 is 9.59 Å². The molecule has 0 saturated carbocycles. The van der Waals surface area contributed by atoms with E-state index < -0.39 is 5.41 Å². The maximum atomic E-state index is 12.7. The van der Waals surface area contributed by atoms with Gasteiger partial charge in [-0.25, -0.2) is 0 Å². The number of nitrogens with one attached hydrogen (secondary N) is 1. The third-order valence-corrected chi connectivity index (χ3v) is 4.34. The number of aromatic nitrogens is 1. The van der Waals surface area contributed by atoms with Gasteiger partial charge in [-0.3, -0.25) is 14.4 Å². The molecule has 1 fully saturated rings. The van der Waals surface area contributed by atoms with Gasteiger partial charge in [-0.05, 0) is 19.4 Å². The lowest BCUT2D eigenvalue weighted by Gasteiger charge is -2.46. The van der Waals surface area contributed by atoms with Crippen LogP contribution in [0, 0.1) is 5.41 Å². The Morgan fingerprint density at radius 2 is 1.75 bits per heavy atom. The maximum Gasteiger partial charge on any atom is 0.247 e. The Bertz CT molecular complexity index is 642. The van der Waals surface area contributed by atoms with Gasteiger partial charge in [0.25, 0.3) is 0 Å². The van der Waals surface area contributed by atoms with Crippen LogP contribution in [0.4, 0.5) is 0 Å². The minimum atomic E-state index is -0.415. The largest absolute Gasteiger partial charge is 0.338 e. The van der Waals surface area contributed by atoms with Crippen molar-refractivity contribution in [2.45, 2.75) is 53.1 Å². The SMILES string of the molecule is C[C@@H]1CN(C(=O)C(C)(C)C)C[C@H](C)N1C(=O)Cc1ccc(=O)[nH]c1. The molecule has 6 heteroatoms. The highest BCUT2D eigenvalue weighted by Gasteiger charge is 2.37. The second kappa shape index (κ2) is 6.79. The fourth-order valence-corrected chi connectivity index (χ4v) is 3.27. The lowest BCUT2D eigenvalue weighted by atomic mass is 9.93. The number of carbonyl (C=O) groups excluding carboxylic acids is 2. The van der Waals surface area contributed by atoms with Crippen LogP contribution in [0.5, 0.6) is 0 Å². The molecule has 1 aromatic heterocycles. The summed E-state index contributed by atoms with van der Waals surface area (Å²) in [5, 5.41) is 0. The average molecular weight is 333 g/mol. The Hall–Kier alpha value is -2.11. The highest BCUT2D eigenvalue weighted by Crippen LogP contribution is 2.23. The second-order valence-electron chi connectivity index (χ2n) is 7.70. The molecule has 24 heavy (non-hydrogen) atoms. The molecule has 132 valence electrons. The van der Waals surface area contributed by atoms with Crippen LogP contribution in [-0.4, -0.2) is 51.8 Å². The van der Waals surface area contributed by atoms with Crippen LogP contribution in [0.1, 0.15) is 40.2 Å². The van der Waals surface area contributed by atoms with Crippen molar-refractivity contribution in [3.8, 4) is 0 Å². The van der Waals surface area contributed by atoms with Crippen molar-refractivity contribution in [1.29, 1.82) is 0 Å². The van der Waals surface area contributed by atoms with Gasteiger partial charge in [0.2, 0.25) is 17.4 Å². The van der Waals surface area contributed by atoms with Gasteiger partial charge in [0.15, 0.2) is 0 Å². The van der Waals surface area contributed by atoms with Gasteiger partial charge in [-0.15, -0.1) is 0 Å². The molecule has 2 atom stereocenters. The van der Waals surface area contributed by atoms with E-state index in [9.17, 15) is 14.4 Å². The first-order valence-electron chi connectivity index (χ1n) is 8.37. The molecule has 2 heterocycles. The summed E-state index contributed by atoms with van der Waals surface area (Å²) < 4.78 is 0. The monoisotopic (exact) mass is 333 g/mol. The van der Waals surface area contributed by atoms with Crippen molar-refractivity contribution in [1.82, 2.24) is 14.8 Å². The number of piperazine rings is 1. The number of rotatable bonds is 2. The molecular weight excluding hydrogens is 306 g/mol. The highest BCUT2D eigenvalue weighted by molar-refractivity contribution is 5.83. The molecule has 0 radical (unpaired) electrons. The third kappa shape index (κ3) is 4.04. The first-order valence-corrected chi connectivity index (χ1v) is 8.37. The van der Waals surface area contributed by atoms with E-state index in [1.54, 1.807) is 12.3 Å². The fourth-order valence-electron chi connectivity index (χ4n) is 3.27. The molecule has 1 aliphatic heterocycles. The summed E-state index contributed by atoms with van der Waals surface area (Å²) in [4.78, 5) is 42.6. The first-order chi connectivity index (χ1) is 11.1. The zero-order chi connectivity index (χ0) is 18.1. The summed E-state index contributed by atoms with van der Waals surface area (Å²) in [6.45, 7) is 10.8. The van der Waals surface area contributed by atoms with Gasteiger partial charge in [-0.2, -0.15) is 0 Å². The van der Waals surface area contributed by atoms with Crippen LogP contribution in [0.3, 0.4) is 0 Å². The number of carbonyl (C=O) groups is 2. The molecule has 1 saturated heterocycles. The fraction of sp³-hybridized carbons (Fsp3) is 0.611. The lowest BCUT2D eigenvalue weighted by Crippen LogP contribution is -2.61. The van der Waals surface area contributed by atoms with Crippen molar-refractivity contribution in [3.63, 3.8) is 0 Å². The van der Waals surface area contributed by atoms with E-state index >= 15 is 0 Å². The van der Waals surface area contributed by atoms with Gasteiger partial charge in [0, 0.05) is 42.9 Å². The Balaban J connectivity index is 2.07. The molecule has 0 bridgehead atoms. The number of H-pyrrole nitrogens is 1. The van der Waals surface area contributed by atoms with Crippen LogP contribution in [0.25, 0.3) is 0 Å². The quantitative estimate of drug-likeness (QED) is 0.889. The molecule has 2 rings (SSSR count). The summed E-state index contributed by atoms with van der Waals surface area (Å²) in [7, 11) is 0. The van der Waals surface area contributed by atoms with E-state index in [1.807, 2.05) is 44.4 Å². The maximum absolute atomic E-state index is 12.7. The molecule has 1 N–H and O–H groups in total. The van der Waals surface area contributed by atoms with Crippen molar-refractivity contribution in [2.24, 2.45) is 5.41 Å². The van der Waals surface area contributed by atoms with Gasteiger partial charge < -0.3 is 14.8 Å². The second-order valence-corrected chi connectivity index (χ2v) is 7.70. The zero-order valence-corrected chi connectivity index (χ0v) is 15.1. The molecule has 1 aromatic rings. The van der Waals surface area contributed by atoms with Crippen LogP contribution >= 0.6 is 0 Å². The standard InChI is InChI=1S/C18H27N3O3/c1-12-10-20(17(24)18(3,4)5)11-13(2)21(12)16(23)8-14-6-7-15(22)19-9-14/h6-7,9,12-13H,8,10-11H2,1-5H3,(H,19,22)/t12-,13+. The molecule has 6 nitrogen and oxygen atoms in total. The van der Waals surface area contributed by atoms with E-state index in [4.69, 9.17) is 0 Å². The van der Waals surface area contributed by atoms with Crippen molar-refractivity contribution in [3.05, 3.63) is 34.2 Å². The van der Waals surface area contributed by atoms with E-state index in [0.717, 1.165) is 5.56 Å². The van der Waals surface area contributed by atoms with Crippen LogP contribution in [0.15, 0.2) is 23.1 Å². The smallest absolute Gasteiger partial charge is 0.247 e. The van der Waals surface area contributed by atoms with Gasteiger partial charge in [0.05, 0.1) is 6.42 Å². The Morgan fingerprint density at radius 1 is 1.17 bits per heavy atom. The van der Waals surface area contributed by atoms with E-state index in [0.29, 0.717) is 13.1 Å². The van der Waals surface area contributed by atoms with Crippen LogP contribution in [-0.2, 0) is 16.0 Å². The number of pyridine rings is 1. The minimum absolute atomic E-state index is 0.0184. The third-order valence-electron chi connectivity index (χ3n) is 4.34. The molecule has 2 amide bonds. The Labute approximate surface area is 142 Å². The predicted molar refractivity (Wildman–Crippen MR) is 92.6 cm³/mol. The molecule has 0 aliphatic carbocycles. The van der Waals surface area contributed by atoms with Gasteiger partial charge in [0.1, 0.15) is 0 Å². The highest BCUT2D eigenvalue weighted by atomic mass is 16.2. The topological polar surface area (TPSA) is 73.5 Å². The zero-order valence-electron chi connectivity index (χ0n) is 15.1. The molecular formula is C18H27N3O3. The number of nitrogens with zero attached hydrogens (tertiary/aromatic N) is 2. The number of hydrogen-bond donors (Lipinski definition) is 1. The van der Waals surface area contributed by atoms with E-state index in [1.165, 1.54) is 6.07 Å². The summed E-state index contributed by atoms with van der Waals surface area (Å²) in [6.07, 6.45) is 1.83. The van der Waals surface area contributed by atoms with Crippen LogP contribution in [0.2, 0.25) is 0 Å². The Morgan fingerprint density at radius 3 is 2.21 bits per heavy atom. The van der Waals surface area contributed by atoms with Crippen molar-refractivity contribution in [2.75, 3.05) is 13.1 Å². The average Bonchev–Trinajstić information content (AvgIpc) is 2.47. The van der Waals surface area contributed by atoms with Gasteiger partial charge in [-0.1, -0.05) is 26.8 Å². The first kappa shape index (κ1) is 18.2. The molecule has 0 aromatic carbocycles. The normalized spacial score (nSPS) is 21.7. The summed E-state index contributed by atoms with van der Waals surface area (Å²) in [6, 6.07) is 3.03. The minimum Gasteiger partial charge on any atom is -0.338 e. The Kier molecular flexibility index (Phi) is 5.16. The summed E-state index contributed by atoms with van der Waals surface area (Å²) >= 11 is 0. The van der Waals surface area contributed by atoms with Crippen molar-refractivity contribution >= 4 is 11.8 Å². The number of hydrogen-bond acceptors (Lipinski definition) is 3. The molecule has 0 spiro atoms.